The van der Waals surface area contributed by atoms with Crippen molar-refractivity contribution in [1.82, 2.24) is 0 Å². The molecule has 0 aliphatic carbocycles. The second-order valence-electron chi connectivity index (χ2n) is 4.94. The van der Waals surface area contributed by atoms with Crippen molar-refractivity contribution in [3.05, 3.63) is 34.4 Å². The van der Waals surface area contributed by atoms with E-state index in [9.17, 15) is 4.79 Å². The predicted octanol–water partition coefficient (Wildman–Crippen LogP) is 4.74. The Morgan fingerprint density at radius 2 is 2.10 bits per heavy atom. The van der Waals surface area contributed by atoms with Gasteiger partial charge in [0, 0.05) is 10.6 Å². The minimum absolute atomic E-state index is 0.0130. The highest BCUT2D eigenvalue weighted by atomic mass is 35.5. The van der Waals surface area contributed by atoms with Crippen LogP contribution in [-0.4, -0.2) is 17.7 Å². The summed E-state index contributed by atoms with van der Waals surface area (Å²) in [6.45, 7) is 8.52. The van der Waals surface area contributed by atoms with Crippen LogP contribution in [-0.2, 0) is 4.79 Å². The van der Waals surface area contributed by atoms with E-state index in [0.717, 1.165) is 22.4 Å². The largest absolute Gasteiger partial charge is 0.493 e. The molecule has 0 heterocycles. The number of ether oxygens (including phenoxy) is 1. The Morgan fingerprint density at radius 1 is 1.45 bits per heavy atom. The fraction of sp³-hybridized carbons (Fsp3) is 0.438. The van der Waals surface area contributed by atoms with Crippen LogP contribution in [0.25, 0.3) is 5.57 Å². The fourth-order valence-electron chi connectivity index (χ4n) is 1.99. The molecule has 0 spiro atoms. The molecule has 0 saturated heterocycles. The van der Waals surface area contributed by atoms with Gasteiger partial charge in [-0.3, -0.25) is 4.79 Å². The number of carboxylic acid groups (broad SMARTS) is 1. The van der Waals surface area contributed by atoms with Crippen LogP contribution in [0.2, 0.25) is 5.02 Å². The van der Waals surface area contributed by atoms with Gasteiger partial charge in [0.15, 0.2) is 0 Å². The molecule has 0 fully saturated rings. The monoisotopic (exact) mass is 296 g/mol. The van der Waals surface area contributed by atoms with Crippen LogP contribution in [0.15, 0.2) is 18.2 Å². The quantitative estimate of drug-likeness (QED) is 0.824. The van der Waals surface area contributed by atoms with E-state index < -0.39 is 5.97 Å². The molecule has 0 unspecified atom stereocenters. The second-order valence-corrected chi connectivity index (χ2v) is 5.38. The summed E-state index contributed by atoms with van der Waals surface area (Å²) >= 11 is 6.17. The Morgan fingerprint density at radius 3 is 2.60 bits per heavy atom. The lowest BCUT2D eigenvalue weighted by Gasteiger charge is -2.18. The highest BCUT2D eigenvalue weighted by molar-refractivity contribution is 6.31. The first-order valence-electron chi connectivity index (χ1n) is 6.72. The standard InChI is InChI=1S/C16H21ClO3/c1-5-20-16-13(10(2)3)8-12(17)9-14(16)11(4)6-7-15(18)19/h6,8-10H,5,7H2,1-4H3,(H,18,19)/b11-6+. The normalized spacial score (nSPS) is 11.8. The van der Waals surface area contributed by atoms with Gasteiger partial charge in [-0.1, -0.05) is 31.5 Å². The molecule has 1 rings (SSSR count). The fourth-order valence-corrected chi connectivity index (χ4v) is 2.22. The van der Waals surface area contributed by atoms with E-state index in [-0.39, 0.29) is 12.3 Å². The maximum absolute atomic E-state index is 10.7. The first-order valence-corrected chi connectivity index (χ1v) is 7.09. The topological polar surface area (TPSA) is 46.5 Å². The van der Waals surface area contributed by atoms with Gasteiger partial charge < -0.3 is 9.84 Å². The lowest BCUT2D eigenvalue weighted by molar-refractivity contribution is -0.135. The van der Waals surface area contributed by atoms with Crippen molar-refractivity contribution in [2.75, 3.05) is 6.61 Å². The lowest BCUT2D eigenvalue weighted by atomic mass is 9.95. The Labute approximate surface area is 125 Å². The number of allylic oxidation sites excluding steroid dienone is 1. The van der Waals surface area contributed by atoms with Gasteiger partial charge in [0.1, 0.15) is 5.75 Å². The van der Waals surface area contributed by atoms with Gasteiger partial charge in [0.25, 0.3) is 0 Å². The molecule has 0 saturated carbocycles. The Balaban J connectivity index is 3.35. The summed E-state index contributed by atoms with van der Waals surface area (Å²) in [4.78, 5) is 10.7. The van der Waals surface area contributed by atoms with Gasteiger partial charge >= 0.3 is 5.97 Å². The van der Waals surface area contributed by atoms with E-state index in [1.165, 1.54) is 0 Å². The zero-order valence-electron chi connectivity index (χ0n) is 12.4. The summed E-state index contributed by atoms with van der Waals surface area (Å²) in [5, 5.41) is 9.41. The van der Waals surface area contributed by atoms with E-state index in [1.54, 1.807) is 6.08 Å². The molecule has 20 heavy (non-hydrogen) atoms. The molecule has 1 aromatic rings. The zero-order valence-corrected chi connectivity index (χ0v) is 13.1. The highest BCUT2D eigenvalue weighted by Crippen LogP contribution is 2.37. The summed E-state index contributed by atoms with van der Waals surface area (Å²) in [5.74, 6) is 0.223. The van der Waals surface area contributed by atoms with Gasteiger partial charge in [-0.15, -0.1) is 0 Å². The van der Waals surface area contributed by atoms with Crippen molar-refractivity contribution < 1.29 is 14.6 Å². The SMILES string of the molecule is CCOc1c(/C(C)=C/CC(=O)O)cc(Cl)cc1C(C)C. The Bertz CT molecular complexity index is 519. The minimum Gasteiger partial charge on any atom is -0.493 e. The van der Waals surface area contributed by atoms with Crippen LogP contribution in [0.4, 0.5) is 0 Å². The third-order valence-electron chi connectivity index (χ3n) is 3.00. The Kier molecular flexibility index (Phi) is 6.08. The van der Waals surface area contributed by atoms with Crippen LogP contribution in [0.3, 0.4) is 0 Å². The third kappa shape index (κ3) is 4.27. The molecule has 0 aliphatic rings. The number of benzene rings is 1. The van der Waals surface area contributed by atoms with Crippen LogP contribution in [0.1, 0.15) is 51.2 Å². The molecule has 0 aromatic heterocycles. The number of hydrogen-bond acceptors (Lipinski definition) is 2. The van der Waals surface area contributed by atoms with E-state index >= 15 is 0 Å². The second kappa shape index (κ2) is 7.34. The van der Waals surface area contributed by atoms with Crippen molar-refractivity contribution in [2.24, 2.45) is 0 Å². The molecular weight excluding hydrogens is 276 g/mol. The van der Waals surface area contributed by atoms with Crippen molar-refractivity contribution in [3.8, 4) is 5.75 Å². The van der Waals surface area contributed by atoms with Gasteiger partial charge in [-0.2, -0.15) is 0 Å². The van der Waals surface area contributed by atoms with Crippen molar-refractivity contribution >= 4 is 23.1 Å². The van der Waals surface area contributed by atoms with Crippen LogP contribution >= 0.6 is 11.6 Å². The van der Waals surface area contributed by atoms with Crippen molar-refractivity contribution in [3.63, 3.8) is 0 Å². The number of carbonyl (C=O) groups is 1. The van der Waals surface area contributed by atoms with Crippen LogP contribution in [0.5, 0.6) is 5.75 Å². The first kappa shape index (κ1) is 16.6. The number of halogens is 1. The molecular formula is C16H21ClO3. The smallest absolute Gasteiger partial charge is 0.307 e. The average Bonchev–Trinajstić information content (AvgIpc) is 2.37. The molecule has 0 bridgehead atoms. The van der Waals surface area contributed by atoms with Gasteiger partial charge in [-0.05, 0) is 43.0 Å². The highest BCUT2D eigenvalue weighted by Gasteiger charge is 2.15. The Hall–Kier alpha value is -1.48. The van der Waals surface area contributed by atoms with Crippen LogP contribution in [0, 0.1) is 0 Å². The predicted molar refractivity (Wildman–Crippen MR) is 82.6 cm³/mol. The van der Waals surface area contributed by atoms with Gasteiger partial charge in [-0.25, -0.2) is 0 Å². The van der Waals surface area contributed by atoms with Crippen molar-refractivity contribution in [1.29, 1.82) is 0 Å². The summed E-state index contributed by atoms with van der Waals surface area (Å²) in [6, 6.07) is 3.73. The third-order valence-corrected chi connectivity index (χ3v) is 3.22. The maximum atomic E-state index is 10.7. The molecule has 4 heteroatoms. The van der Waals surface area contributed by atoms with Gasteiger partial charge in [0.2, 0.25) is 0 Å². The van der Waals surface area contributed by atoms with E-state index in [2.05, 4.69) is 13.8 Å². The molecule has 1 N–H and O–H groups in total. The van der Waals surface area contributed by atoms with Crippen LogP contribution < -0.4 is 4.74 Å². The molecule has 1 aromatic carbocycles. The maximum Gasteiger partial charge on any atom is 0.307 e. The van der Waals surface area contributed by atoms with E-state index in [0.29, 0.717) is 11.6 Å². The first-order chi connectivity index (χ1) is 9.36. The number of aliphatic carboxylic acids is 1. The zero-order chi connectivity index (χ0) is 15.3. The lowest BCUT2D eigenvalue weighted by Crippen LogP contribution is -2.02. The summed E-state index contributed by atoms with van der Waals surface area (Å²) in [6.07, 6.45) is 1.67. The molecule has 0 radical (unpaired) electrons. The summed E-state index contributed by atoms with van der Waals surface area (Å²) in [5.41, 5.74) is 2.77. The molecule has 110 valence electrons. The molecule has 0 atom stereocenters. The van der Waals surface area contributed by atoms with E-state index in [4.69, 9.17) is 21.4 Å². The summed E-state index contributed by atoms with van der Waals surface area (Å²) < 4.78 is 5.77. The minimum atomic E-state index is -0.853. The number of hydrogen-bond donors (Lipinski definition) is 1. The van der Waals surface area contributed by atoms with E-state index in [1.807, 2.05) is 26.0 Å². The molecule has 0 amide bonds. The molecule has 0 aliphatic heterocycles. The average molecular weight is 297 g/mol. The molecule has 3 nitrogen and oxygen atoms in total. The summed E-state index contributed by atoms with van der Waals surface area (Å²) in [7, 11) is 0. The van der Waals surface area contributed by atoms with Gasteiger partial charge in [0.05, 0.1) is 13.0 Å². The number of carboxylic acids is 1. The number of rotatable bonds is 6. The van der Waals surface area contributed by atoms with Crippen molar-refractivity contribution in [2.45, 2.75) is 40.0 Å².